The second-order valence-corrected chi connectivity index (χ2v) is 7.14. The molecule has 28 heavy (non-hydrogen) atoms. The molecule has 3 heterocycles. The van der Waals surface area contributed by atoms with Gasteiger partial charge in [0, 0.05) is 23.1 Å². The van der Waals surface area contributed by atoms with Crippen LogP contribution in [0.2, 0.25) is 0 Å². The van der Waals surface area contributed by atoms with Crippen molar-refractivity contribution in [1.29, 1.82) is 0 Å². The van der Waals surface area contributed by atoms with E-state index in [-0.39, 0.29) is 0 Å². The summed E-state index contributed by atoms with van der Waals surface area (Å²) in [6.07, 6.45) is 3.14. The van der Waals surface area contributed by atoms with Crippen LogP contribution in [0.5, 0.6) is 0 Å². The van der Waals surface area contributed by atoms with Crippen LogP contribution < -0.4 is 5.32 Å². The first kappa shape index (κ1) is 16.6. The Morgan fingerprint density at radius 3 is 2.61 bits per heavy atom. The average Bonchev–Trinajstić information content (AvgIpc) is 3.43. The van der Waals surface area contributed by atoms with E-state index in [2.05, 4.69) is 67.0 Å². The molecule has 3 aromatic heterocycles. The first-order valence-corrected chi connectivity index (χ1v) is 9.73. The number of thiazole rings is 1. The molecule has 2 N–H and O–H groups in total. The van der Waals surface area contributed by atoms with Crippen molar-refractivity contribution < 1.29 is 0 Å². The summed E-state index contributed by atoms with van der Waals surface area (Å²) < 4.78 is 0. The van der Waals surface area contributed by atoms with Crippen molar-refractivity contribution in [2.75, 3.05) is 5.32 Å². The van der Waals surface area contributed by atoms with Gasteiger partial charge < -0.3 is 10.3 Å². The highest BCUT2D eigenvalue weighted by Crippen LogP contribution is 2.29. The van der Waals surface area contributed by atoms with E-state index in [0.717, 1.165) is 38.7 Å². The van der Waals surface area contributed by atoms with Crippen LogP contribution >= 0.6 is 11.3 Å². The number of benzene rings is 2. The van der Waals surface area contributed by atoms with Gasteiger partial charge in [-0.25, -0.2) is 19.9 Å². The molecule has 0 aliphatic carbocycles. The number of hydrogen-bond donors (Lipinski definition) is 2. The average molecular weight is 384 g/mol. The van der Waals surface area contributed by atoms with Crippen molar-refractivity contribution in [3.8, 4) is 21.8 Å². The molecule has 0 aliphatic heterocycles. The van der Waals surface area contributed by atoms with Gasteiger partial charge in [0.05, 0.1) is 12.0 Å². The highest BCUT2D eigenvalue weighted by Gasteiger charge is 2.08. The molecule has 136 valence electrons. The van der Waals surface area contributed by atoms with Crippen LogP contribution in [-0.4, -0.2) is 24.9 Å². The van der Waals surface area contributed by atoms with E-state index in [1.807, 2.05) is 18.2 Å². The molecule has 0 spiro atoms. The third-order valence-corrected chi connectivity index (χ3v) is 5.35. The molecule has 6 nitrogen and oxygen atoms in total. The quantitative estimate of drug-likeness (QED) is 0.457. The largest absolute Gasteiger partial charge is 0.364 e. The van der Waals surface area contributed by atoms with Gasteiger partial charge in [0.25, 0.3) is 0 Å². The van der Waals surface area contributed by atoms with E-state index >= 15 is 0 Å². The van der Waals surface area contributed by atoms with Crippen LogP contribution in [-0.2, 0) is 6.54 Å². The van der Waals surface area contributed by atoms with E-state index in [1.165, 1.54) is 6.33 Å². The molecule has 5 rings (SSSR count). The summed E-state index contributed by atoms with van der Waals surface area (Å²) in [5.74, 6) is 0.749. The number of aromatic nitrogens is 5. The Bertz CT molecular complexity index is 1210. The van der Waals surface area contributed by atoms with Crippen molar-refractivity contribution in [2.24, 2.45) is 0 Å². The Morgan fingerprint density at radius 2 is 1.75 bits per heavy atom. The fraction of sp³-hybridized carbons (Fsp3) is 0.0476. The normalized spacial score (nSPS) is 11.0. The maximum atomic E-state index is 4.78. The molecule has 5 aromatic rings. The highest BCUT2D eigenvalue weighted by molar-refractivity contribution is 7.13. The Kier molecular flexibility index (Phi) is 4.27. The Balaban J connectivity index is 1.31. The summed E-state index contributed by atoms with van der Waals surface area (Å²) in [6, 6.07) is 18.7. The molecule has 0 saturated carbocycles. The summed E-state index contributed by atoms with van der Waals surface area (Å²) in [5.41, 5.74) is 5.91. The Morgan fingerprint density at radius 1 is 0.893 bits per heavy atom. The first-order valence-electron chi connectivity index (χ1n) is 8.85. The number of nitrogens with zero attached hydrogens (tertiary/aromatic N) is 4. The molecular weight excluding hydrogens is 368 g/mol. The van der Waals surface area contributed by atoms with Gasteiger partial charge in [-0.15, -0.1) is 11.3 Å². The fourth-order valence-electron chi connectivity index (χ4n) is 3.00. The molecule has 0 bridgehead atoms. The number of fused-ring (bicyclic) bond motifs is 1. The number of H-pyrrole nitrogens is 1. The van der Waals surface area contributed by atoms with Gasteiger partial charge in [0.2, 0.25) is 0 Å². The number of rotatable bonds is 5. The number of imidazole rings is 1. The van der Waals surface area contributed by atoms with Crippen LogP contribution in [0.4, 0.5) is 5.82 Å². The van der Waals surface area contributed by atoms with Crippen molar-refractivity contribution in [2.45, 2.75) is 6.54 Å². The van der Waals surface area contributed by atoms with Gasteiger partial charge in [0.15, 0.2) is 11.5 Å². The van der Waals surface area contributed by atoms with Crippen LogP contribution in [0.3, 0.4) is 0 Å². The van der Waals surface area contributed by atoms with E-state index in [9.17, 15) is 0 Å². The molecular formula is C21H16N6S. The minimum absolute atomic E-state index is 0.658. The monoisotopic (exact) mass is 384 g/mol. The SMILES string of the molecule is c1ccc(-c2csc(-c3ccc(CNc4ncnc5nc[nH]c45)cc3)n2)cc1. The molecule has 0 atom stereocenters. The third-order valence-electron chi connectivity index (χ3n) is 4.46. The smallest absolute Gasteiger partial charge is 0.182 e. The minimum atomic E-state index is 0.658. The number of nitrogens with one attached hydrogen (secondary N) is 2. The summed E-state index contributed by atoms with van der Waals surface area (Å²) in [5, 5.41) is 6.46. The van der Waals surface area contributed by atoms with Crippen molar-refractivity contribution in [3.05, 3.63) is 78.2 Å². The number of anilines is 1. The molecule has 0 radical (unpaired) electrons. The molecule has 0 unspecified atom stereocenters. The van der Waals surface area contributed by atoms with Crippen molar-refractivity contribution >= 4 is 28.3 Å². The number of hydrogen-bond acceptors (Lipinski definition) is 6. The van der Waals surface area contributed by atoms with Gasteiger partial charge in [-0.1, -0.05) is 54.6 Å². The van der Waals surface area contributed by atoms with E-state index in [0.29, 0.717) is 12.2 Å². The lowest BCUT2D eigenvalue weighted by Crippen LogP contribution is -2.02. The van der Waals surface area contributed by atoms with Crippen LogP contribution in [0, 0.1) is 0 Å². The van der Waals surface area contributed by atoms with Gasteiger partial charge in [-0.05, 0) is 5.56 Å². The second-order valence-electron chi connectivity index (χ2n) is 6.28. The zero-order chi connectivity index (χ0) is 18.8. The molecule has 2 aromatic carbocycles. The lowest BCUT2D eigenvalue weighted by Gasteiger charge is -2.06. The molecule has 7 heteroatoms. The molecule has 0 fully saturated rings. The zero-order valence-corrected chi connectivity index (χ0v) is 15.6. The predicted molar refractivity (Wildman–Crippen MR) is 112 cm³/mol. The topological polar surface area (TPSA) is 79.4 Å². The summed E-state index contributed by atoms with van der Waals surface area (Å²) >= 11 is 1.66. The maximum absolute atomic E-state index is 4.78. The minimum Gasteiger partial charge on any atom is -0.364 e. The summed E-state index contributed by atoms with van der Waals surface area (Å²) in [4.78, 5) is 20.4. The van der Waals surface area contributed by atoms with E-state index in [4.69, 9.17) is 4.98 Å². The van der Waals surface area contributed by atoms with Crippen LogP contribution in [0.15, 0.2) is 72.6 Å². The lowest BCUT2D eigenvalue weighted by molar-refractivity contribution is 1.10. The zero-order valence-electron chi connectivity index (χ0n) is 14.8. The van der Waals surface area contributed by atoms with Crippen molar-refractivity contribution in [1.82, 2.24) is 24.9 Å². The van der Waals surface area contributed by atoms with Gasteiger partial charge in [0.1, 0.15) is 16.9 Å². The summed E-state index contributed by atoms with van der Waals surface area (Å²) in [7, 11) is 0. The third kappa shape index (κ3) is 3.23. The molecule has 0 amide bonds. The first-order chi connectivity index (χ1) is 13.9. The van der Waals surface area contributed by atoms with Gasteiger partial charge in [-0.3, -0.25) is 0 Å². The van der Waals surface area contributed by atoms with Gasteiger partial charge >= 0.3 is 0 Å². The molecule has 0 aliphatic rings. The lowest BCUT2D eigenvalue weighted by atomic mass is 10.1. The van der Waals surface area contributed by atoms with Crippen LogP contribution in [0.1, 0.15) is 5.56 Å². The second kappa shape index (κ2) is 7.21. The van der Waals surface area contributed by atoms with E-state index in [1.54, 1.807) is 17.7 Å². The Hall–Kier alpha value is -3.58. The van der Waals surface area contributed by atoms with E-state index < -0.39 is 0 Å². The summed E-state index contributed by atoms with van der Waals surface area (Å²) in [6.45, 7) is 0.665. The standard InChI is InChI=1S/C21H16N6S/c1-2-4-15(5-3-1)17-11-28-21(27-17)16-8-6-14(7-9-16)10-22-19-18-20(24-12-23-18)26-13-25-19/h1-9,11-13H,10H2,(H2,22,23,24,25,26). The molecule has 0 saturated heterocycles. The van der Waals surface area contributed by atoms with Crippen molar-refractivity contribution in [3.63, 3.8) is 0 Å². The van der Waals surface area contributed by atoms with Crippen LogP contribution in [0.25, 0.3) is 33.0 Å². The maximum Gasteiger partial charge on any atom is 0.182 e. The Labute approximate surface area is 165 Å². The highest BCUT2D eigenvalue weighted by atomic mass is 32.1. The fourth-order valence-corrected chi connectivity index (χ4v) is 3.83. The van der Waals surface area contributed by atoms with Gasteiger partial charge in [-0.2, -0.15) is 0 Å². The predicted octanol–water partition coefficient (Wildman–Crippen LogP) is 4.76. The number of aromatic amines is 1.